The molecule has 1 fully saturated rings. The molecular formula is C14H16ClNO3. The second kappa shape index (κ2) is 6.06. The number of hydrogen-bond acceptors (Lipinski definition) is 2. The minimum Gasteiger partial charge on any atom is -0.481 e. The number of aliphatic carboxylic acids is 1. The highest BCUT2D eigenvalue weighted by Crippen LogP contribution is 2.31. The van der Waals surface area contributed by atoms with Crippen LogP contribution in [0.3, 0.4) is 0 Å². The van der Waals surface area contributed by atoms with Crippen molar-refractivity contribution in [3.05, 3.63) is 34.9 Å². The molecule has 0 radical (unpaired) electrons. The quantitative estimate of drug-likeness (QED) is 0.891. The van der Waals surface area contributed by atoms with Crippen molar-refractivity contribution in [2.45, 2.75) is 19.3 Å². The number of carbonyl (C=O) groups is 2. The van der Waals surface area contributed by atoms with Gasteiger partial charge in [-0.15, -0.1) is 0 Å². The van der Waals surface area contributed by atoms with Gasteiger partial charge in [-0.1, -0.05) is 30.2 Å². The predicted molar refractivity (Wildman–Crippen MR) is 72.3 cm³/mol. The smallest absolute Gasteiger partial charge is 0.306 e. The standard InChI is InChI=1S/C14H16ClNO3/c15-12-7-2-1-5-11(12)13(17)16-8-9-4-3-6-10(9)14(18)19/h1-2,5,7,9-10H,3-4,6,8H2,(H,16,17)(H,18,19). The summed E-state index contributed by atoms with van der Waals surface area (Å²) in [6, 6.07) is 6.82. The number of carboxylic acids is 1. The molecule has 1 aromatic rings. The maximum atomic E-state index is 12.0. The Kier molecular flexibility index (Phi) is 4.43. The van der Waals surface area contributed by atoms with Gasteiger partial charge in [0, 0.05) is 6.54 Å². The van der Waals surface area contributed by atoms with E-state index < -0.39 is 5.97 Å². The fraction of sp³-hybridized carbons (Fsp3) is 0.429. The average molecular weight is 282 g/mol. The Labute approximate surface area is 116 Å². The molecule has 2 N–H and O–H groups in total. The first kappa shape index (κ1) is 13.9. The van der Waals surface area contributed by atoms with Gasteiger partial charge in [0.1, 0.15) is 0 Å². The molecule has 5 heteroatoms. The van der Waals surface area contributed by atoms with Gasteiger partial charge >= 0.3 is 5.97 Å². The highest BCUT2D eigenvalue weighted by Gasteiger charge is 2.32. The largest absolute Gasteiger partial charge is 0.481 e. The summed E-state index contributed by atoms with van der Waals surface area (Å²) in [6.45, 7) is 0.390. The van der Waals surface area contributed by atoms with E-state index in [4.69, 9.17) is 16.7 Å². The highest BCUT2D eigenvalue weighted by atomic mass is 35.5. The summed E-state index contributed by atoms with van der Waals surface area (Å²) in [5.74, 6) is -1.34. The number of carboxylic acid groups (broad SMARTS) is 1. The summed E-state index contributed by atoms with van der Waals surface area (Å²) in [7, 11) is 0. The molecule has 19 heavy (non-hydrogen) atoms. The van der Waals surface area contributed by atoms with E-state index in [9.17, 15) is 9.59 Å². The number of halogens is 1. The lowest BCUT2D eigenvalue weighted by Gasteiger charge is -2.16. The third-order valence-electron chi connectivity index (χ3n) is 3.62. The molecule has 0 spiro atoms. The first-order valence-corrected chi connectivity index (χ1v) is 6.73. The Hall–Kier alpha value is -1.55. The Bertz CT molecular complexity index is 489. The van der Waals surface area contributed by atoms with E-state index in [1.807, 2.05) is 0 Å². The van der Waals surface area contributed by atoms with Crippen LogP contribution in [0.5, 0.6) is 0 Å². The number of hydrogen-bond donors (Lipinski definition) is 2. The summed E-state index contributed by atoms with van der Waals surface area (Å²) in [5.41, 5.74) is 0.425. The molecule has 0 aromatic heterocycles. The lowest BCUT2D eigenvalue weighted by Crippen LogP contribution is -2.33. The van der Waals surface area contributed by atoms with E-state index in [0.717, 1.165) is 12.8 Å². The van der Waals surface area contributed by atoms with E-state index in [-0.39, 0.29) is 17.7 Å². The van der Waals surface area contributed by atoms with Crippen LogP contribution in [0, 0.1) is 11.8 Å². The maximum Gasteiger partial charge on any atom is 0.306 e. The zero-order valence-corrected chi connectivity index (χ0v) is 11.2. The molecule has 1 amide bonds. The second-order valence-corrected chi connectivity index (χ2v) is 5.23. The molecule has 0 aliphatic heterocycles. The number of amides is 1. The lowest BCUT2D eigenvalue weighted by atomic mass is 9.96. The van der Waals surface area contributed by atoms with Crippen LogP contribution in [0.4, 0.5) is 0 Å². The summed E-state index contributed by atoms with van der Waals surface area (Å²) in [4.78, 5) is 23.0. The number of carbonyl (C=O) groups excluding carboxylic acids is 1. The average Bonchev–Trinajstić information content (AvgIpc) is 2.85. The van der Waals surface area contributed by atoms with E-state index in [1.54, 1.807) is 24.3 Å². The van der Waals surface area contributed by atoms with E-state index in [2.05, 4.69) is 5.32 Å². The Morgan fingerprint density at radius 2 is 2.05 bits per heavy atom. The molecule has 2 atom stereocenters. The van der Waals surface area contributed by atoms with Gasteiger partial charge in [0.15, 0.2) is 0 Å². The third kappa shape index (κ3) is 3.26. The molecule has 1 aliphatic rings. The molecular weight excluding hydrogens is 266 g/mol. The summed E-state index contributed by atoms with van der Waals surface area (Å²) in [6.07, 6.45) is 2.45. The van der Waals surface area contributed by atoms with Crippen molar-refractivity contribution in [2.24, 2.45) is 11.8 Å². The van der Waals surface area contributed by atoms with Gasteiger partial charge in [-0.3, -0.25) is 9.59 Å². The van der Waals surface area contributed by atoms with Gasteiger partial charge in [-0.25, -0.2) is 0 Å². The molecule has 0 bridgehead atoms. The lowest BCUT2D eigenvalue weighted by molar-refractivity contribution is -0.142. The number of benzene rings is 1. The van der Waals surface area contributed by atoms with Crippen LogP contribution < -0.4 is 5.32 Å². The SMILES string of the molecule is O=C(NCC1CCCC1C(=O)O)c1ccccc1Cl. The third-order valence-corrected chi connectivity index (χ3v) is 3.95. The molecule has 1 aliphatic carbocycles. The van der Waals surface area contributed by atoms with Crippen LogP contribution in [0.15, 0.2) is 24.3 Å². The van der Waals surface area contributed by atoms with Gasteiger partial charge in [0.05, 0.1) is 16.5 Å². The fourth-order valence-corrected chi connectivity index (χ4v) is 2.79. The van der Waals surface area contributed by atoms with Gasteiger partial charge in [0.25, 0.3) is 5.91 Å². The molecule has 1 aromatic carbocycles. The normalized spacial score (nSPS) is 22.2. The van der Waals surface area contributed by atoms with Crippen molar-refractivity contribution >= 4 is 23.5 Å². The van der Waals surface area contributed by atoms with Crippen molar-refractivity contribution in [2.75, 3.05) is 6.54 Å². The van der Waals surface area contributed by atoms with Gasteiger partial charge in [0.2, 0.25) is 0 Å². The molecule has 0 heterocycles. The van der Waals surface area contributed by atoms with E-state index >= 15 is 0 Å². The Morgan fingerprint density at radius 3 is 2.74 bits per heavy atom. The molecule has 2 rings (SSSR count). The monoisotopic (exact) mass is 281 g/mol. The summed E-state index contributed by atoms with van der Waals surface area (Å²) in [5, 5.41) is 12.3. The zero-order chi connectivity index (χ0) is 13.8. The minimum atomic E-state index is -0.769. The maximum absolute atomic E-state index is 12.0. The summed E-state index contributed by atoms with van der Waals surface area (Å²) < 4.78 is 0. The van der Waals surface area contributed by atoms with Gasteiger partial charge in [-0.2, -0.15) is 0 Å². The van der Waals surface area contributed by atoms with E-state index in [1.165, 1.54) is 0 Å². The molecule has 102 valence electrons. The first-order valence-electron chi connectivity index (χ1n) is 6.35. The van der Waals surface area contributed by atoms with Crippen molar-refractivity contribution in [3.63, 3.8) is 0 Å². The minimum absolute atomic E-state index is 0.0175. The molecule has 4 nitrogen and oxygen atoms in total. The molecule has 2 unspecified atom stereocenters. The number of rotatable bonds is 4. The molecule has 0 saturated heterocycles. The van der Waals surface area contributed by atoms with Gasteiger partial charge < -0.3 is 10.4 Å². The molecule has 1 saturated carbocycles. The van der Waals surface area contributed by atoms with Crippen molar-refractivity contribution in [3.8, 4) is 0 Å². The van der Waals surface area contributed by atoms with Crippen molar-refractivity contribution in [1.29, 1.82) is 0 Å². The second-order valence-electron chi connectivity index (χ2n) is 4.83. The van der Waals surface area contributed by atoms with Crippen LogP contribution in [-0.4, -0.2) is 23.5 Å². The highest BCUT2D eigenvalue weighted by molar-refractivity contribution is 6.33. The van der Waals surface area contributed by atoms with Crippen LogP contribution in [0.1, 0.15) is 29.6 Å². The van der Waals surface area contributed by atoms with Crippen molar-refractivity contribution < 1.29 is 14.7 Å². The number of nitrogens with one attached hydrogen (secondary N) is 1. The van der Waals surface area contributed by atoms with Crippen LogP contribution in [0.25, 0.3) is 0 Å². The van der Waals surface area contributed by atoms with Crippen LogP contribution in [-0.2, 0) is 4.79 Å². The zero-order valence-electron chi connectivity index (χ0n) is 10.4. The van der Waals surface area contributed by atoms with Crippen LogP contribution in [0.2, 0.25) is 5.02 Å². The first-order chi connectivity index (χ1) is 9.09. The van der Waals surface area contributed by atoms with Crippen molar-refractivity contribution in [1.82, 2.24) is 5.32 Å². The predicted octanol–water partition coefficient (Wildman–Crippen LogP) is 2.57. The Morgan fingerprint density at radius 1 is 1.32 bits per heavy atom. The van der Waals surface area contributed by atoms with E-state index in [0.29, 0.717) is 23.6 Å². The van der Waals surface area contributed by atoms with Crippen LogP contribution >= 0.6 is 11.6 Å². The Balaban J connectivity index is 1.94. The topological polar surface area (TPSA) is 66.4 Å². The van der Waals surface area contributed by atoms with Gasteiger partial charge in [-0.05, 0) is 30.9 Å². The summed E-state index contributed by atoms with van der Waals surface area (Å²) >= 11 is 5.94. The fourth-order valence-electron chi connectivity index (χ4n) is 2.57.